The van der Waals surface area contributed by atoms with Gasteiger partial charge in [0, 0.05) is 38.1 Å². The quantitative estimate of drug-likeness (QED) is 0.555. The standard InChI is InChI=1S/C21H23FN4O3/c1-2-4-18-25-20(29-26-18)6-3-5-19(27)24-14-15-11-12-23-21(13-15)28-17-9-7-16(22)8-10-17/h7-13H,2-6,14H2,1H3,(H,24,27). The van der Waals surface area contributed by atoms with Crippen molar-refractivity contribution in [2.75, 3.05) is 0 Å². The van der Waals surface area contributed by atoms with Crippen molar-refractivity contribution in [3.63, 3.8) is 0 Å². The number of pyridine rings is 1. The lowest BCUT2D eigenvalue weighted by atomic mass is 10.2. The Morgan fingerprint density at radius 3 is 2.83 bits per heavy atom. The van der Waals surface area contributed by atoms with Gasteiger partial charge in [-0.3, -0.25) is 4.79 Å². The van der Waals surface area contributed by atoms with Crippen molar-refractivity contribution in [2.24, 2.45) is 0 Å². The van der Waals surface area contributed by atoms with Crippen LogP contribution in [0.15, 0.2) is 47.1 Å². The summed E-state index contributed by atoms with van der Waals surface area (Å²) in [5.41, 5.74) is 0.853. The average molecular weight is 398 g/mol. The van der Waals surface area contributed by atoms with E-state index in [4.69, 9.17) is 9.26 Å². The van der Waals surface area contributed by atoms with Crippen LogP contribution in [0, 0.1) is 5.82 Å². The molecule has 0 aliphatic rings. The van der Waals surface area contributed by atoms with Crippen molar-refractivity contribution >= 4 is 5.91 Å². The van der Waals surface area contributed by atoms with Gasteiger partial charge in [-0.1, -0.05) is 12.1 Å². The third-order valence-corrected chi connectivity index (χ3v) is 4.10. The molecule has 7 nitrogen and oxygen atoms in total. The Hall–Kier alpha value is -3.29. The van der Waals surface area contributed by atoms with E-state index in [1.54, 1.807) is 18.3 Å². The molecule has 2 heterocycles. The van der Waals surface area contributed by atoms with Crippen LogP contribution in [-0.4, -0.2) is 21.0 Å². The second kappa shape index (κ2) is 10.3. The van der Waals surface area contributed by atoms with Crippen LogP contribution in [0.4, 0.5) is 4.39 Å². The Bertz CT molecular complexity index is 928. The summed E-state index contributed by atoms with van der Waals surface area (Å²) in [6.07, 6.45) is 4.94. The maximum atomic E-state index is 13.0. The molecule has 0 fully saturated rings. The van der Waals surface area contributed by atoms with Gasteiger partial charge in [0.15, 0.2) is 5.82 Å². The van der Waals surface area contributed by atoms with Crippen LogP contribution in [0.3, 0.4) is 0 Å². The summed E-state index contributed by atoms with van der Waals surface area (Å²) >= 11 is 0. The Morgan fingerprint density at radius 1 is 1.21 bits per heavy atom. The largest absolute Gasteiger partial charge is 0.439 e. The molecule has 8 heteroatoms. The van der Waals surface area contributed by atoms with Crippen LogP contribution in [0.25, 0.3) is 0 Å². The molecular weight excluding hydrogens is 375 g/mol. The molecule has 0 spiro atoms. The van der Waals surface area contributed by atoms with Gasteiger partial charge in [0.1, 0.15) is 11.6 Å². The summed E-state index contributed by atoms with van der Waals surface area (Å²) in [5, 5.41) is 6.77. The number of aryl methyl sites for hydroxylation is 2. The van der Waals surface area contributed by atoms with E-state index in [0.29, 0.717) is 49.2 Å². The summed E-state index contributed by atoms with van der Waals surface area (Å²) in [6.45, 7) is 2.42. The zero-order chi connectivity index (χ0) is 20.5. The van der Waals surface area contributed by atoms with Gasteiger partial charge in [-0.25, -0.2) is 9.37 Å². The van der Waals surface area contributed by atoms with Gasteiger partial charge >= 0.3 is 0 Å². The summed E-state index contributed by atoms with van der Waals surface area (Å²) < 4.78 is 23.7. The van der Waals surface area contributed by atoms with Gasteiger partial charge in [0.05, 0.1) is 0 Å². The van der Waals surface area contributed by atoms with Crippen molar-refractivity contribution in [1.29, 1.82) is 0 Å². The van der Waals surface area contributed by atoms with Crippen LogP contribution in [0.5, 0.6) is 11.6 Å². The lowest BCUT2D eigenvalue weighted by Crippen LogP contribution is -2.22. The summed E-state index contributed by atoms with van der Waals surface area (Å²) in [4.78, 5) is 20.5. The molecule has 0 aliphatic carbocycles. The number of nitrogens with zero attached hydrogens (tertiary/aromatic N) is 3. The molecule has 1 amide bonds. The molecule has 1 aromatic carbocycles. The molecule has 152 valence electrons. The lowest BCUT2D eigenvalue weighted by Gasteiger charge is -2.08. The monoisotopic (exact) mass is 398 g/mol. The zero-order valence-corrected chi connectivity index (χ0v) is 16.2. The fraction of sp³-hybridized carbons (Fsp3) is 0.333. The molecule has 2 aromatic heterocycles. The SMILES string of the molecule is CCCc1noc(CCCC(=O)NCc2ccnc(Oc3ccc(F)cc3)c2)n1. The third kappa shape index (κ3) is 6.67. The number of hydrogen-bond acceptors (Lipinski definition) is 6. The highest BCUT2D eigenvalue weighted by Gasteiger charge is 2.08. The predicted molar refractivity (Wildman–Crippen MR) is 104 cm³/mol. The van der Waals surface area contributed by atoms with Crippen molar-refractivity contribution in [2.45, 2.75) is 45.6 Å². The maximum Gasteiger partial charge on any atom is 0.226 e. The minimum Gasteiger partial charge on any atom is -0.439 e. The molecule has 0 unspecified atom stereocenters. The Morgan fingerprint density at radius 2 is 2.03 bits per heavy atom. The highest BCUT2D eigenvalue weighted by molar-refractivity contribution is 5.75. The molecule has 0 radical (unpaired) electrons. The predicted octanol–water partition coefficient (Wildman–Crippen LogP) is 3.99. The number of rotatable bonds is 10. The highest BCUT2D eigenvalue weighted by Crippen LogP contribution is 2.20. The number of ether oxygens (including phenoxy) is 1. The Labute approximate surface area is 168 Å². The Balaban J connectivity index is 1.41. The number of nitrogens with one attached hydrogen (secondary N) is 1. The van der Waals surface area contributed by atoms with Crippen molar-refractivity contribution in [3.05, 3.63) is 65.7 Å². The van der Waals surface area contributed by atoms with E-state index >= 15 is 0 Å². The molecule has 29 heavy (non-hydrogen) atoms. The smallest absolute Gasteiger partial charge is 0.226 e. The van der Waals surface area contributed by atoms with Crippen LogP contribution >= 0.6 is 0 Å². The zero-order valence-electron chi connectivity index (χ0n) is 16.2. The van der Waals surface area contributed by atoms with Crippen molar-refractivity contribution in [3.8, 4) is 11.6 Å². The number of carbonyl (C=O) groups is 1. The first-order chi connectivity index (χ1) is 14.1. The first kappa shape index (κ1) is 20.4. The molecular formula is C21H23FN4O3. The second-order valence-corrected chi connectivity index (χ2v) is 6.54. The van der Waals surface area contributed by atoms with Crippen LogP contribution in [0.1, 0.15) is 43.5 Å². The van der Waals surface area contributed by atoms with Crippen molar-refractivity contribution in [1.82, 2.24) is 20.4 Å². The molecule has 3 aromatic rings. The molecule has 3 rings (SSSR count). The average Bonchev–Trinajstić information content (AvgIpc) is 3.16. The van der Waals surface area contributed by atoms with E-state index in [-0.39, 0.29) is 11.7 Å². The second-order valence-electron chi connectivity index (χ2n) is 6.54. The summed E-state index contributed by atoms with van der Waals surface area (Å²) in [6, 6.07) is 9.22. The summed E-state index contributed by atoms with van der Waals surface area (Å²) in [7, 11) is 0. The first-order valence-corrected chi connectivity index (χ1v) is 9.59. The number of aromatic nitrogens is 3. The van der Waals surface area contributed by atoms with Crippen molar-refractivity contribution < 1.29 is 18.4 Å². The van der Waals surface area contributed by atoms with E-state index < -0.39 is 0 Å². The molecule has 0 atom stereocenters. The first-order valence-electron chi connectivity index (χ1n) is 9.59. The van der Waals surface area contributed by atoms with Gasteiger partial charge in [0.2, 0.25) is 17.7 Å². The van der Waals surface area contributed by atoms with E-state index in [9.17, 15) is 9.18 Å². The number of amides is 1. The summed E-state index contributed by atoms with van der Waals surface area (Å²) in [5.74, 6) is 1.76. The van der Waals surface area contributed by atoms with E-state index in [1.807, 2.05) is 0 Å². The lowest BCUT2D eigenvalue weighted by molar-refractivity contribution is -0.121. The maximum absolute atomic E-state index is 13.0. The number of benzene rings is 1. The number of carbonyl (C=O) groups excluding carboxylic acids is 1. The minimum absolute atomic E-state index is 0.0592. The normalized spacial score (nSPS) is 10.7. The number of halogens is 1. The van der Waals surface area contributed by atoms with Gasteiger partial charge in [-0.2, -0.15) is 4.98 Å². The topological polar surface area (TPSA) is 90.1 Å². The van der Waals surface area contributed by atoms with Gasteiger partial charge in [0.25, 0.3) is 0 Å². The van der Waals surface area contributed by atoms with Crippen LogP contribution in [0.2, 0.25) is 0 Å². The number of hydrogen-bond donors (Lipinski definition) is 1. The molecule has 1 N–H and O–H groups in total. The van der Waals surface area contributed by atoms with Gasteiger partial charge in [-0.05, 0) is 48.7 Å². The fourth-order valence-electron chi connectivity index (χ4n) is 2.65. The fourth-order valence-corrected chi connectivity index (χ4v) is 2.65. The van der Waals surface area contributed by atoms with E-state index in [2.05, 4.69) is 27.4 Å². The minimum atomic E-state index is -0.331. The van der Waals surface area contributed by atoms with E-state index in [0.717, 1.165) is 18.4 Å². The van der Waals surface area contributed by atoms with E-state index in [1.165, 1.54) is 24.3 Å². The molecule has 0 saturated heterocycles. The van der Waals surface area contributed by atoms with Gasteiger partial charge in [-0.15, -0.1) is 0 Å². The van der Waals surface area contributed by atoms with Crippen LogP contribution < -0.4 is 10.1 Å². The molecule has 0 saturated carbocycles. The molecule has 0 aliphatic heterocycles. The van der Waals surface area contributed by atoms with Gasteiger partial charge < -0.3 is 14.6 Å². The third-order valence-electron chi connectivity index (χ3n) is 4.10. The Kier molecular flexibility index (Phi) is 7.27. The highest BCUT2D eigenvalue weighted by atomic mass is 19.1. The molecule has 0 bridgehead atoms. The van der Waals surface area contributed by atoms with Crippen LogP contribution in [-0.2, 0) is 24.2 Å².